The first-order valence-electron chi connectivity index (χ1n) is 10.8. The number of rotatable bonds is 12. The maximum Gasteiger partial charge on any atom is 0.244 e. The van der Waals surface area contributed by atoms with Gasteiger partial charge in [0.05, 0.1) is 13.7 Å². The monoisotopic (exact) mass is 464 g/mol. The molecule has 0 bridgehead atoms. The van der Waals surface area contributed by atoms with Crippen molar-refractivity contribution in [1.29, 1.82) is 0 Å². The average molecular weight is 465 g/mol. The second-order valence-corrected chi connectivity index (χ2v) is 10.3. The van der Waals surface area contributed by atoms with E-state index in [0.29, 0.717) is 31.9 Å². The molecule has 0 aromatic heterocycles. The molecule has 2 aromatic carbocycles. The van der Waals surface area contributed by atoms with Gasteiger partial charge in [0.15, 0.2) is 11.5 Å². The zero-order chi connectivity index (χ0) is 23.8. The van der Waals surface area contributed by atoms with Gasteiger partial charge in [-0.3, -0.25) is 0 Å². The molecule has 2 aromatic rings. The summed E-state index contributed by atoms with van der Waals surface area (Å²) in [7, 11) is -2.24. The van der Waals surface area contributed by atoms with Crippen LogP contribution >= 0.6 is 0 Å². The van der Waals surface area contributed by atoms with Gasteiger partial charge in [-0.2, -0.15) is 0 Å². The molecular formula is C24H36N2O5S. The molecule has 0 aliphatic carbocycles. The molecule has 32 heavy (non-hydrogen) atoms. The topological polar surface area (TPSA) is 85.9 Å². The van der Waals surface area contributed by atoms with Crippen molar-refractivity contribution in [1.82, 2.24) is 10.0 Å². The predicted molar refractivity (Wildman–Crippen MR) is 127 cm³/mol. The van der Waals surface area contributed by atoms with Gasteiger partial charge in [0.2, 0.25) is 10.0 Å². The van der Waals surface area contributed by atoms with Crippen molar-refractivity contribution in [2.45, 2.75) is 57.5 Å². The van der Waals surface area contributed by atoms with Crippen molar-refractivity contribution in [3.05, 3.63) is 48.0 Å². The van der Waals surface area contributed by atoms with Crippen LogP contribution in [0, 0.1) is 0 Å². The highest BCUT2D eigenvalue weighted by atomic mass is 32.2. The highest BCUT2D eigenvalue weighted by Crippen LogP contribution is 2.27. The SMILES string of the molecule is CCOc1ccccc1OCCN[C@H](C)Cc1ccc(OC)c(S(=O)(=O)NC(C)(C)C)c1. The molecule has 0 saturated heterocycles. The van der Waals surface area contributed by atoms with Gasteiger partial charge in [-0.15, -0.1) is 0 Å². The number of sulfonamides is 1. The minimum atomic E-state index is -3.71. The van der Waals surface area contributed by atoms with Gasteiger partial charge in [-0.1, -0.05) is 18.2 Å². The van der Waals surface area contributed by atoms with Crippen molar-refractivity contribution < 1.29 is 22.6 Å². The minimum Gasteiger partial charge on any atom is -0.495 e. The molecule has 0 aliphatic heterocycles. The van der Waals surface area contributed by atoms with Crippen LogP contribution in [0.25, 0.3) is 0 Å². The largest absolute Gasteiger partial charge is 0.495 e. The quantitative estimate of drug-likeness (QED) is 0.465. The normalized spacial score (nSPS) is 12.9. The highest BCUT2D eigenvalue weighted by Gasteiger charge is 2.25. The maximum atomic E-state index is 12.9. The molecule has 2 rings (SSSR count). The molecule has 178 valence electrons. The Morgan fingerprint density at radius 2 is 1.66 bits per heavy atom. The Bertz CT molecular complexity index is 971. The predicted octanol–water partition coefficient (Wildman–Crippen LogP) is 3.77. The lowest BCUT2D eigenvalue weighted by atomic mass is 10.1. The van der Waals surface area contributed by atoms with E-state index in [0.717, 1.165) is 17.1 Å². The number of ether oxygens (including phenoxy) is 3. The first-order valence-corrected chi connectivity index (χ1v) is 12.3. The van der Waals surface area contributed by atoms with E-state index in [1.54, 1.807) is 12.1 Å². The standard InChI is InChI=1S/C24H36N2O5S/c1-7-30-20-10-8-9-11-21(20)31-15-14-25-18(2)16-19-12-13-22(29-6)23(17-19)32(27,28)26-24(3,4)5/h8-13,17-18,25-26H,7,14-16H2,1-6H3/t18-/m1/s1. The summed E-state index contributed by atoms with van der Waals surface area (Å²) in [6, 6.07) is 13.0. The third-order valence-electron chi connectivity index (χ3n) is 4.50. The Labute approximate surface area is 192 Å². The summed E-state index contributed by atoms with van der Waals surface area (Å²) >= 11 is 0. The highest BCUT2D eigenvalue weighted by molar-refractivity contribution is 7.89. The van der Waals surface area contributed by atoms with Crippen LogP contribution in [0.3, 0.4) is 0 Å². The van der Waals surface area contributed by atoms with Crippen molar-refractivity contribution in [2.24, 2.45) is 0 Å². The van der Waals surface area contributed by atoms with E-state index >= 15 is 0 Å². The van der Waals surface area contributed by atoms with Gasteiger partial charge in [0.1, 0.15) is 17.3 Å². The molecule has 0 spiro atoms. The summed E-state index contributed by atoms with van der Waals surface area (Å²) < 4.78 is 45.1. The minimum absolute atomic E-state index is 0.125. The summed E-state index contributed by atoms with van der Waals surface area (Å²) in [6.45, 7) is 11.1. The van der Waals surface area contributed by atoms with Crippen LogP contribution in [0.4, 0.5) is 0 Å². The first-order chi connectivity index (χ1) is 15.1. The molecular weight excluding hydrogens is 428 g/mol. The van der Waals surface area contributed by atoms with E-state index < -0.39 is 15.6 Å². The lowest BCUT2D eigenvalue weighted by Crippen LogP contribution is -2.40. The molecule has 0 fully saturated rings. The van der Waals surface area contributed by atoms with E-state index in [-0.39, 0.29) is 10.9 Å². The molecule has 0 unspecified atom stereocenters. The van der Waals surface area contributed by atoms with E-state index in [1.165, 1.54) is 7.11 Å². The number of hydrogen-bond donors (Lipinski definition) is 2. The van der Waals surface area contributed by atoms with Crippen LogP contribution in [-0.2, 0) is 16.4 Å². The zero-order valence-corrected chi connectivity index (χ0v) is 20.7. The summed E-state index contributed by atoms with van der Waals surface area (Å²) in [4.78, 5) is 0.149. The van der Waals surface area contributed by atoms with Crippen molar-refractivity contribution in [3.63, 3.8) is 0 Å². The van der Waals surface area contributed by atoms with Crippen LogP contribution in [0.1, 0.15) is 40.2 Å². The molecule has 0 radical (unpaired) electrons. The number of hydrogen-bond acceptors (Lipinski definition) is 6. The fourth-order valence-corrected chi connectivity index (χ4v) is 4.89. The summed E-state index contributed by atoms with van der Waals surface area (Å²) in [5.74, 6) is 1.78. The summed E-state index contributed by atoms with van der Waals surface area (Å²) in [5.41, 5.74) is 0.317. The Morgan fingerprint density at radius 3 is 2.25 bits per heavy atom. The van der Waals surface area contributed by atoms with E-state index in [2.05, 4.69) is 17.0 Å². The summed E-state index contributed by atoms with van der Waals surface area (Å²) in [5, 5.41) is 3.42. The van der Waals surface area contributed by atoms with Crippen molar-refractivity contribution in [3.8, 4) is 17.2 Å². The maximum absolute atomic E-state index is 12.9. The number of benzene rings is 2. The van der Waals surface area contributed by atoms with Crippen LogP contribution in [0.2, 0.25) is 0 Å². The summed E-state index contributed by atoms with van der Waals surface area (Å²) in [6.07, 6.45) is 0.664. The molecule has 7 nitrogen and oxygen atoms in total. The van der Waals surface area contributed by atoms with E-state index in [9.17, 15) is 8.42 Å². The molecule has 0 heterocycles. The molecule has 0 amide bonds. The van der Waals surface area contributed by atoms with Gasteiger partial charge in [-0.25, -0.2) is 13.1 Å². The van der Waals surface area contributed by atoms with E-state index in [1.807, 2.05) is 58.0 Å². The van der Waals surface area contributed by atoms with Crippen LogP contribution in [0.15, 0.2) is 47.4 Å². The molecule has 8 heteroatoms. The second-order valence-electron chi connectivity index (χ2n) is 8.63. The van der Waals surface area contributed by atoms with Gasteiger partial charge < -0.3 is 19.5 Å². The zero-order valence-electron chi connectivity index (χ0n) is 19.9. The van der Waals surface area contributed by atoms with Gasteiger partial charge in [0, 0.05) is 18.1 Å². The fraction of sp³-hybridized carbons (Fsp3) is 0.500. The van der Waals surface area contributed by atoms with Gasteiger partial charge in [0.25, 0.3) is 0 Å². The number of nitrogens with one attached hydrogen (secondary N) is 2. The third kappa shape index (κ3) is 8.00. The fourth-order valence-electron chi connectivity index (χ4n) is 3.25. The van der Waals surface area contributed by atoms with Crippen LogP contribution in [-0.4, -0.2) is 46.9 Å². The lowest BCUT2D eigenvalue weighted by molar-refractivity contribution is 0.272. The van der Waals surface area contributed by atoms with Crippen molar-refractivity contribution >= 4 is 10.0 Å². The van der Waals surface area contributed by atoms with Crippen LogP contribution < -0.4 is 24.2 Å². The Hall–Kier alpha value is -2.29. The number of methoxy groups -OCH3 is 1. The van der Waals surface area contributed by atoms with Crippen LogP contribution in [0.5, 0.6) is 17.2 Å². The Morgan fingerprint density at radius 1 is 1.00 bits per heavy atom. The third-order valence-corrected chi connectivity index (χ3v) is 6.28. The molecule has 1 atom stereocenters. The molecule has 2 N–H and O–H groups in total. The Kier molecular flexibility index (Phi) is 9.36. The second kappa shape index (κ2) is 11.5. The number of para-hydroxylation sites is 2. The lowest BCUT2D eigenvalue weighted by Gasteiger charge is -2.22. The van der Waals surface area contributed by atoms with Gasteiger partial charge in [-0.05, 0) is 70.9 Å². The Balaban J connectivity index is 1.96. The van der Waals surface area contributed by atoms with Crippen molar-refractivity contribution in [2.75, 3.05) is 26.9 Å². The average Bonchev–Trinajstić information content (AvgIpc) is 2.71. The molecule has 0 aliphatic rings. The first kappa shape index (κ1) is 26.0. The molecule has 0 saturated carbocycles. The van der Waals surface area contributed by atoms with Gasteiger partial charge >= 0.3 is 0 Å². The smallest absolute Gasteiger partial charge is 0.244 e. The van der Waals surface area contributed by atoms with E-state index in [4.69, 9.17) is 14.2 Å².